The number of carbonyl (C=O) groups excluding carboxylic acids is 1. The monoisotopic (exact) mass is 437 g/mol. The number of benzene rings is 2. The van der Waals surface area contributed by atoms with Crippen LogP contribution in [0.5, 0.6) is 0 Å². The van der Waals surface area contributed by atoms with Crippen LogP contribution in [-0.4, -0.2) is 11.6 Å². The van der Waals surface area contributed by atoms with Crippen molar-refractivity contribution in [1.82, 2.24) is 0 Å². The number of halogens is 2. The van der Waals surface area contributed by atoms with Crippen molar-refractivity contribution in [1.29, 1.82) is 0 Å². The van der Waals surface area contributed by atoms with Gasteiger partial charge in [-0.25, -0.2) is 0 Å². The summed E-state index contributed by atoms with van der Waals surface area (Å²) in [6.45, 7) is 7.47. The molecule has 0 spiro atoms. The molecule has 0 aliphatic heterocycles. The van der Waals surface area contributed by atoms with Crippen LogP contribution in [-0.2, 0) is 9.53 Å². The van der Waals surface area contributed by atoms with Crippen molar-refractivity contribution in [2.45, 2.75) is 45.3 Å². The summed E-state index contributed by atoms with van der Waals surface area (Å²) >= 11 is 9.50. The van der Waals surface area contributed by atoms with E-state index in [-0.39, 0.29) is 17.9 Å². The first-order valence-electron chi connectivity index (χ1n) is 8.58. The van der Waals surface area contributed by atoms with E-state index in [1.54, 1.807) is 0 Å². The molecule has 0 bridgehead atoms. The van der Waals surface area contributed by atoms with Gasteiger partial charge in [-0.15, -0.1) is 0 Å². The van der Waals surface area contributed by atoms with Crippen LogP contribution in [0.2, 0.25) is 5.02 Å². The molecular formula is C21H25BrClNO2. The molecule has 0 fully saturated rings. The van der Waals surface area contributed by atoms with Gasteiger partial charge in [-0.05, 0) is 56.2 Å². The molecule has 2 N–H and O–H groups in total. The van der Waals surface area contributed by atoms with Gasteiger partial charge in [0.15, 0.2) is 0 Å². The Labute approximate surface area is 169 Å². The summed E-state index contributed by atoms with van der Waals surface area (Å²) < 4.78 is 6.55. The molecule has 2 rings (SSSR count). The van der Waals surface area contributed by atoms with E-state index < -0.39 is 11.5 Å². The van der Waals surface area contributed by atoms with Gasteiger partial charge in [-0.1, -0.05) is 58.7 Å². The number of rotatable bonds is 5. The van der Waals surface area contributed by atoms with E-state index in [0.717, 1.165) is 15.6 Å². The van der Waals surface area contributed by atoms with Crippen LogP contribution in [0.4, 0.5) is 0 Å². The smallest absolute Gasteiger partial charge is 0.309 e. The maximum Gasteiger partial charge on any atom is 0.309 e. The van der Waals surface area contributed by atoms with Gasteiger partial charge >= 0.3 is 5.97 Å². The Morgan fingerprint density at radius 2 is 1.73 bits per heavy atom. The summed E-state index contributed by atoms with van der Waals surface area (Å²) in [5.41, 5.74) is 7.98. The van der Waals surface area contributed by atoms with Crippen molar-refractivity contribution in [3.63, 3.8) is 0 Å². The molecule has 0 amide bonds. The first-order chi connectivity index (χ1) is 12.1. The lowest BCUT2D eigenvalue weighted by molar-refractivity contribution is -0.160. The highest BCUT2D eigenvalue weighted by Gasteiger charge is 2.34. The Kier molecular flexibility index (Phi) is 6.89. The summed E-state index contributed by atoms with van der Waals surface area (Å²) in [5.74, 6) is -0.899. The fourth-order valence-electron chi connectivity index (χ4n) is 2.95. The van der Waals surface area contributed by atoms with E-state index in [9.17, 15) is 4.79 Å². The maximum absolute atomic E-state index is 12.7. The summed E-state index contributed by atoms with van der Waals surface area (Å²) in [6, 6.07) is 15.0. The number of nitrogens with two attached hydrogens (primary N) is 1. The third-order valence-corrected chi connectivity index (χ3v) is 4.94. The van der Waals surface area contributed by atoms with Gasteiger partial charge in [-0.2, -0.15) is 0 Å². The Bertz CT molecular complexity index is 755. The van der Waals surface area contributed by atoms with Crippen LogP contribution in [0, 0.1) is 5.92 Å². The van der Waals surface area contributed by atoms with E-state index in [1.807, 2.05) is 76.2 Å². The van der Waals surface area contributed by atoms with Crippen molar-refractivity contribution in [2.24, 2.45) is 11.7 Å². The molecule has 0 saturated carbocycles. The van der Waals surface area contributed by atoms with Gasteiger partial charge in [0.2, 0.25) is 0 Å². The van der Waals surface area contributed by atoms with Crippen LogP contribution < -0.4 is 5.73 Å². The first-order valence-corrected chi connectivity index (χ1v) is 9.75. The summed E-state index contributed by atoms with van der Waals surface area (Å²) in [6.07, 6.45) is 0. The van der Waals surface area contributed by atoms with Gasteiger partial charge in [0.1, 0.15) is 5.60 Å². The van der Waals surface area contributed by atoms with Crippen molar-refractivity contribution in [3.05, 3.63) is 69.2 Å². The summed E-state index contributed by atoms with van der Waals surface area (Å²) in [7, 11) is 0. The van der Waals surface area contributed by atoms with Crippen LogP contribution in [0.15, 0.2) is 53.0 Å². The normalized spacial score (nSPS) is 15.2. The molecule has 0 aliphatic rings. The standard InChI is InChI=1S/C21H25BrClNO2/c1-13(20(25)26-21(2,3)4)18(15-6-5-7-16(22)12-15)19(24)14-8-10-17(23)11-9-14/h5-13,18-19H,24H2,1-4H3. The number of hydrogen-bond donors (Lipinski definition) is 1. The highest BCUT2D eigenvalue weighted by atomic mass is 79.9. The van der Waals surface area contributed by atoms with E-state index in [4.69, 9.17) is 22.1 Å². The van der Waals surface area contributed by atoms with Crippen molar-refractivity contribution in [3.8, 4) is 0 Å². The lowest BCUT2D eigenvalue weighted by atomic mass is 9.79. The fourth-order valence-corrected chi connectivity index (χ4v) is 3.50. The van der Waals surface area contributed by atoms with Gasteiger partial charge in [0, 0.05) is 21.5 Å². The Balaban J connectivity index is 2.41. The van der Waals surface area contributed by atoms with Gasteiger partial charge < -0.3 is 10.5 Å². The fraction of sp³-hybridized carbons (Fsp3) is 0.381. The minimum atomic E-state index is -0.544. The Morgan fingerprint density at radius 1 is 1.12 bits per heavy atom. The van der Waals surface area contributed by atoms with E-state index in [2.05, 4.69) is 15.9 Å². The van der Waals surface area contributed by atoms with E-state index in [0.29, 0.717) is 5.02 Å². The lowest BCUT2D eigenvalue weighted by Gasteiger charge is -2.31. The van der Waals surface area contributed by atoms with Crippen molar-refractivity contribution >= 4 is 33.5 Å². The average Bonchev–Trinajstić information content (AvgIpc) is 2.54. The van der Waals surface area contributed by atoms with Crippen molar-refractivity contribution < 1.29 is 9.53 Å². The molecule has 0 radical (unpaired) electrons. The number of esters is 1. The zero-order valence-corrected chi connectivity index (χ0v) is 17.8. The van der Waals surface area contributed by atoms with Gasteiger partial charge in [0.05, 0.1) is 5.92 Å². The van der Waals surface area contributed by atoms with Crippen LogP contribution in [0.25, 0.3) is 0 Å². The minimum absolute atomic E-state index is 0.233. The van der Waals surface area contributed by atoms with Crippen LogP contribution >= 0.6 is 27.5 Å². The molecule has 0 aliphatic carbocycles. The highest BCUT2D eigenvalue weighted by molar-refractivity contribution is 9.10. The molecule has 140 valence electrons. The molecule has 3 unspecified atom stereocenters. The number of carbonyl (C=O) groups is 1. The quantitative estimate of drug-likeness (QED) is 0.594. The molecule has 26 heavy (non-hydrogen) atoms. The first kappa shape index (κ1) is 20.9. The molecular weight excluding hydrogens is 414 g/mol. The summed E-state index contributed by atoms with van der Waals surface area (Å²) in [4.78, 5) is 12.7. The third kappa shape index (κ3) is 5.57. The summed E-state index contributed by atoms with van der Waals surface area (Å²) in [5, 5.41) is 0.653. The SMILES string of the molecule is CC(C(=O)OC(C)(C)C)C(c1cccc(Br)c1)C(N)c1ccc(Cl)cc1. The zero-order valence-electron chi connectivity index (χ0n) is 15.5. The van der Waals surface area contributed by atoms with E-state index >= 15 is 0 Å². The molecule has 2 aromatic rings. The number of ether oxygens (including phenoxy) is 1. The second kappa shape index (κ2) is 8.55. The van der Waals surface area contributed by atoms with Gasteiger partial charge in [0.25, 0.3) is 0 Å². The second-order valence-corrected chi connectivity index (χ2v) is 8.83. The third-order valence-electron chi connectivity index (χ3n) is 4.19. The van der Waals surface area contributed by atoms with Crippen molar-refractivity contribution in [2.75, 3.05) is 0 Å². The largest absolute Gasteiger partial charge is 0.460 e. The molecule has 0 aromatic heterocycles. The van der Waals surface area contributed by atoms with Crippen LogP contribution in [0.1, 0.15) is 50.8 Å². The highest BCUT2D eigenvalue weighted by Crippen LogP contribution is 2.38. The number of hydrogen-bond acceptors (Lipinski definition) is 3. The molecule has 2 aromatic carbocycles. The zero-order chi connectivity index (χ0) is 19.5. The molecule has 5 heteroatoms. The topological polar surface area (TPSA) is 52.3 Å². The van der Waals surface area contributed by atoms with Gasteiger partial charge in [-0.3, -0.25) is 4.79 Å². The Morgan fingerprint density at radius 3 is 2.27 bits per heavy atom. The minimum Gasteiger partial charge on any atom is -0.460 e. The molecule has 3 nitrogen and oxygen atoms in total. The van der Waals surface area contributed by atoms with E-state index in [1.165, 1.54) is 0 Å². The predicted octanol–water partition coefficient (Wildman–Crippen LogP) is 5.86. The Hall–Kier alpha value is -1.36. The predicted molar refractivity (Wildman–Crippen MR) is 110 cm³/mol. The lowest BCUT2D eigenvalue weighted by Crippen LogP contribution is -2.34. The molecule has 0 heterocycles. The second-order valence-electron chi connectivity index (χ2n) is 7.48. The average molecular weight is 439 g/mol. The maximum atomic E-state index is 12.7. The molecule has 3 atom stereocenters. The molecule has 0 saturated heterocycles. The van der Waals surface area contributed by atoms with Crippen LogP contribution in [0.3, 0.4) is 0 Å².